The number of hydrogen-bond donors (Lipinski definition) is 1. The molecule has 0 radical (unpaired) electrons. The third-order valence-corrected chi connectivity index (χ3v) is 4.96. The van der Waals surface area contributed by atoms with Gasteiger partial charge in [-0.2, -0.15) is 11.8 Å². The number of carboxylic acid groups (broad SMARTS) is 1. The van der Waals surface area contributed by atoms with Gasteiger partial charge >= 0.3 is 5.97 Å². The van der Waals surface area contributed by atoms with Crippen LogP contribution in [0.3, 0.4) is 0 Å². The van der Waals surface area contributed by atoms with Crippen molar-refractivity contribution >= 4 is 29.1 Å². The SMILES string of the molecule is CC1SCCN(c2ccc([N+](=O)[O-])c(C(=O)O)c2)C1C. The predicted molar refractivity (Wildman–Crippen MR) is 78.8 cm³/mol. The molecule has 1 fully saturated rings. The molecule has 0 amide bonds. The standard InChI is InChI=1S/C13H16N2O4S/c1-8-9(2)20-6-5-14(8)10-3-4-12(15(18)19)11(7-10)13(16)17/h3-4,7-9H,5-6H2,1-2H3,(H,16,17). The number of anilines is 1. The molecule has 108 valence electrons. The van der Waals surface area contributed by atoms with Gasteiger partial charge < -0.3 is 10.0 Å². The Morgan fingerprint density at radius 2 is 2.20 bits per heavy atom. The molecule has 2 unspecified atom stereocenters. The highest BCUT2D eigenvalue weighted by Gasteiger charge is 2.28. The first-order valence-corrected chi connectivity index (χ1v) is 7.36. The summed E-state index contributed by atoms with van der Waals surface area (Å²) in [5.74, 6) is -0.309. The number of rotatable bonds is 3. The van der Waals surface area contributed by atoms with Gasteiger partial charge in [0.05, 0.1) is 4.92 Å². The summed E-state index contributed by atoms with van der Waals surface area (Å²) >= 11 is 1.88. The van der Waals surface area contributed by atoms with Gasteiger partial charge in [0.1, 0.15) is 5.56 Å². The van der Waals surface area contributed by atoms with Gasteiger partial charge in [-0.3, -0.25) is 10.1 Å². The lowest BCUT2D eigenvalue weighted by molar-refractivity contribution is -0.385. The molecule has 6 nitrogen and oxygen atoms in total. The van der Waals surface area contributed by atoms with Crippen LogP contribution in [0.15, 0.2) is 18.2 Å². The first kappa shape index (κ1) is 14.6. The number of hydrogen-bond acceptors (Lipinski definition) is 5. The zero-order valence-corrected chi connectivity index (χ0v) is 12.1. The Balaban J connectivity index is 2.40. The van der Waals surface area contributed by atoms with Crippen molar-refractivity contribution in [2.24, 2.45) is 0 Å². The molecule has 1 saturated heterocycles. The molecule has 0 aromatic heterocycles. The minimum Gasteiger partial charge on any atom is -0.477 e. The van der Waals surface area contributed by atoms with E-state index in [1.165, 1.54) is 12.1 Å². The van der Waals surface area contributed by atoms with E-state index in [0.717, 1.165) is 18.0 Å². The molecule has 1 heterocycles. The van der Waals surface area contributed by atoms with Gasteiger partial charge in [-0.05, 0) is 19.1 Å². The van der Waals surface area contributed by atoms with E-state index in [1.54, 1.807) is 6.07 Å². The highest BCUT2D eigenvalue weighted by Crippen LogP contribution is 2.31. The number of carboxylic acids is 1. The highest BCUT2D eigenvalue weighted by atomic mass is 32.2. The van der Waals surface area contributed by atoms with Gasteiger partial charge in [0.25, 0.3) is 5.69 Å². The van der Waals surface area contributed by atoms with Crippen LogP contribution in [0.25, 0.3) is 0 Å². The van der Waals surface area contributed by atoms with E-state index in [4.69, 9.17) is 5.11 Å². The maximum Gasteiger partial charge on any atom is 0.342 e. The number of benzene rings is 1. The molecule has 1 aliphatic heterocycles. The molecule has 2 atom stereocenters. The first-order valence-electron chi connectivity index (χ1n) is 6.31. The fourth-order valence-electron chi connectivity index (χ4n) is 2.33. The van der Waals surface area contributed by atoms with Gasteiger partial charge in [-0.1, -0.05) is 6.92 Å². The molecule has 0 bridgehead atoms. The van der Waals surface area contributed by atoms with Crippen LogP contribution < -0.4 is 4.90 Å². The van der Waals surface area contributed by atoms with E-state index in [9.17, 15) is 14.9 Å². The van der Waals surface area contributed by atoms with Gasteiger partial charge in [0.15, 0.2) is 0 Å². The predicted octanol–water partition coefficient (Wildman–Crippen LogP) is 2.62. The van der Waals surface area contributed by atoms with Crippen LogP contribution in [0.5, 0.6) is 0 Å². The number of thioether (sulfide) groups is 1. The minimum absolute atomic E-state index is 0.259. The van der Waals surface area contributed by atoms with E-state index >= 15 is 0 Å². The number of nitro benzene ring substituents is 1. The Hall–Kier alpha value is -1.76. The summed E-state index contributed by atoms with van der Waals surface area (Å²) in [5.41, 5.74) is 0.103. The monoisotopic (exact) mass is 296 g/mol. The molecule has 0 aliphatic carbocycles. The van der Waals surface area contributed by atoms with E-state index in [1.807, 2.05) is 11.8 Å². The fraction of sp³-hybridized carbons (Fsp3) is 0.462. The molecule has 7 heteroatoms. The topological polar surface area (TPSA) is 83.7 Å². The second-order valence-corrected chi connectivity index (χ2v) is 6.26. The summed E-state index contributed by atoms with van der Waals surface area (Å²) in [6, 6.07) is 4.57. The average molecular weight is 296 g/mol. The van der Waals surface area contributed by atoms with Gasteiger partial charge in [-0.15, -0.1) is 0 Å². The molecular formula is C13H16N2O4S. The quantitative estimate of drug-likeness (QED) is 0.682. The van der Waals surface area contributed by atoms with Crippen molar-refractivity contribution in [2.75, 3.05) is 17.2 Å². The summed E-state index contributed by atoms with van der Waals surface area (Å²) in [4.78, 5) is 23.5. The van der Waals surface area contributed by atoms with Crippen LogP contribution in [0.4, 0.5) is 11.4 Å². The Morgan fingerprint density at radius 3 is 2.80 bits per heavy atom. The molecule has 0 saturated carbocycles. The molecule has 1 N–H and O–H groups in total. The second kappa shape index (κ2) is 5.70. The normalized spacial score (nSPS) is 22.6. The van der Waals surface area contributed by atoms with E-state index in [0.29, 0.717) is 5.25 Å². The molecule has 1 aromatic carbocycles. The van der Waals surface area contributed by atoms with Crippen molar-refractivity contribution in [2.45, 2.75) is 25.1 Å². The Bertz CT molecular complexity index is 549. The maximum atomic E-state index is 11.2. The zero-order valence-electron chi connectivity index (χ0n) is 11.3. The second-order valence-electron chi connectivity index (χ2n) is 4.77. The van der Waals surface area contributed by atoms with Crippen LogP contribution in [0, 0.1) is 10.1 Å². The highest BCUT2D eigenvalue weighted by molar-refractivity contribution is 8.00. The minimum atomic E-state index is -1.27. The third-order valence-electron chi connectivity index (χ3n) is 3.62. The molecule has 20 heavy (non-hydrogen) atoms. The summed E-state index contributed by atoms with van der Waals surface area (Å²) in [7, 11) is 0. The third kappa shape index (κ3) is 2.72. The molecule has 1 aromatic rings. The largest absolute Gasteiger partial charge is 0.477 e. The molecule has 0 spiro atoms. The number of nitro groups is 1. The lowest BCUT2D eigenvalue weighted by Crippen LogP contribution is -2.44. The Morgan fingerprint density at radius 1 is 1.50 bits per heavy atom. The van der Waals surface area contributed by atoms with Crippen molar-refractivity contribution in [3.05, 3.63) is 33.9 Å². The molecular weight excluding hydrogens is 280 g/mol. The summed E-state index contributed by atoms with van der Waals surface area (Å²) < 4.78 is 0. The van der Waals surface area contributed by atoms with Crippen LogP contribution >= 0.6 is 11.8 Å². The van der Waals surface area contributed by atoms with Crippen molar-refractivity contribution in [1.82, 2.24) is 0 Å². The smallest absolute Gasteiger partial charge is 0.342 e. The van der Waals surface area contributed by atoms with Crippen molar-refractivity contribution in [1.29, 1.82) is 0 Å². The average Bonchev–Trinajstić information content (AvgIpc) is 2.41. The van der Waals surface area contributed by atoms with E-state index in [2.05, 4.69) is 18.7 Å². The van der Waals surface area contributed by atoms with Gasteiger partial charge in [-0.25, -0.2) is 4.79 Å². The van der Waals surface area contributed by atoms with Gasteiger partial charge in [0.2, 0.25) is 0 Å². The van der Waals surface area contributed by atoms with E-state index < -0.39 is 10.9 Å². The Labute approximate surface area is 120 Å². The fourth-order valence-corrected chi connectivity index (χ4v) is 3.43. The summed E-state index contributed by atoms with van der Waals surface area (Å²) in [6.07, 6.45) is 0. The van der Waals surface area contributed by atoms with Crippen LogP contribution in [-0.4, -0.2) is 39.6 Å². The Kier molecular flexibility index (Phi) is 4.17. The van der Waals surface area contributed by atoms with Crippen molar-refractivity contribution in [3.63, 3.8) is 0 Å². The molecule has 2 rings (SSSR count). The summed E-state index contributed by atoms with van der Waals surface area (Å²) in [5, 5.41) is 20.4. The van der Waals surface area contributed by atoms with Gasteiger partial charge in [0, 0.05) is 35.3 Å². The van der Waals surface area contributed by atoms with Crippen molar-refractivity contribution in [3.8, 4) is 0 Å². The van der Waals surface area contributed by atoms with E-state index in [-0.39, 0.29) is 17.3 Å². The molecule has 1 aliphatic rings. The summed E-state index contributed by atoms with van der Waals surface area (Å²) in [6.45, 7) is 5.02. The van der Waals surface area contributed by atoms with Crippen LogP contribution in [-0.2, 0) is 0 Å². The zero-order chi connectivity index (χ0) is 14.9. The number of carbonyl (C=O) groups is 1. The number of nitrogens with zero attached hydrogens (tertiary/aromatic N) is 2. The van der Waals surface area contributed by atoms with Crippen LogP contribution in [0.1, 0.15) is 24.2 Å². The van der Waals surface area contributed by atoms with Crippen molar-refractivity contribution < 1.29 is 14.8 Å². The maximum absolute atomic E-state index is 11.2. The number of aromatic carboxylic acids is 1. The lowest BCUT2D eigenvalue weighted by Gasteiger charge is -2.39. The van der Waals surface area contributed by atoms with Crippen LogP contribution in [0.2, 0.25) is 0 Å². The first-order chi connectivity index (χ1) is 9.41. The lowest BCUT2D eigenvalue weighted by atomic mass is 10.1.